The number of nitrogens with two attached hydrogens (primary N) is 2. The molecule has 1 unspecified atom stereocenters. The van der Waals surface area contributed by atoms with Crippen molar-refractivity contribution in [2.75, 3.05) is 0 Å². The standard InChI is InChI=1S/C10H10F3N5/c11-10(12,13)7-2-1-6(5-17-7)9(15)3-4-16-8(14)18-9/h1-5H,15H2,(H3,14,16,18). The average Bonchev–Trinajstić information content (AvgIpc) is 2.28. The second kappa shape index (κ2) is 3.98. The van der Waals surface area contributed by atoms with Crippen LogP contribution in [0.1, 0.15) is 11.3 Å². The Labute approximate surface area is 100 Å². The molecule has 0 fully saturated rings. The summed E-state index contributed by atoms with van der Waals surface area (Å²) in [6.07, 6.45) is -0.491. The van der Waals surface area contributed by atoms with Crippen molar-refractivity contribution in [1.29, 1.82) is 0 Å². The minimum atomic E-state index is -4.48. The highest BCUT2D eigenvalue weighted by Crippen LogP contribution is 2.29. The van der Waals surface area contributed by atoms with Gasteiger partial charge >= 0.3 is 6.18 Å². The molecule has 0 aromatic carbocycles. The van der Waals surface area contributed by atoms with Crippen molar-refractivity contribution in [3.05, 3.63) is 41.9 Å². The first-order chi connectivity index (χ1) is 8.31. The fraction of sp³-hybridized carbons (Fsp3) is 0.200. The second-order valence-electron chi connectivity index (χ2n) is 3.73. The summed E-state index contributed by atoms with van der Waals surface area (Å²) >= 11 is 0. The van der Waals surface area contributed by atoms with E-state index in [0.29, 0.717) is 5.56 Å². The highest BCUT2D eigenvalue weighted by Gasteiger charge is 2.33. The summed E-state index contributed by atoms with van der Waals surface area (Å²) in [7, 11) is 0. The average molecular weight is 257 g/mol. The van der Waals surface area contributed by atoms with Crippen LogP contribution in [0.2, 0.25) is 0 Å². The van der Waals surface area contributed by atoms with Crippen LogP contribution < -0.4 is 16.8 Å². The zero-order valence-electron chi connectivity index (χ0n) is 9.07. The van der Waals surface area contributed by atoms with E-state index in [0.717, 1.165) is 12.3 Å². The summed E-state index contributed by atoms with van der Waals surface area (Å²) in [6, 6.07) is 2.08. The summed E-state index contributed by atoms with van der Waals surface area (Å²) < 4.78 is 37.1. The maximum Gasteiger partial charge on any atom is 0.433 e. The molecule has 1 aliphatic rings. The summed E-state index contributed by atoms with van der Waals surface area (Å²) in [5.41, 5.74) is 9.40. The molecule has 5 nitrogen and oxygen atoms in total. The normalized spacial score (nSPS) is 23.4. The Morgan fingerprint density at radius 1 is 1.28 bits per heavy atom. The number of halogens is 3. The van der Waals surface area contributed by atoms with E-state index in [9.17, 15) is 13.2 Å². The first kappa shape index (κ1) is 12.4. The van der Waals surface area contributed by atoms with Crippen LogP contribution in [0.25, 0.3) is 0 Å². The molecule has 0 amide bonds. The van der Waals surface area contributed by atoms with Crippen molar-refractivity contribution in [2.45, 2.75) is 11.8 Å². The number of hydrogen-bond acceptors (Lipinski definition) is 5. The van der Waals surface area contributed by atoms with E-state index < -0.39 is 17.5 Å². The molecule has 0 saturated carbocycles. The third kappa shape index (κ3) is 2.28. The lowest BCUT2D eigenvalue weighted by Gasteiger charge is -2.25. The van der Waals surface area contributed by atoms with Gasteiger partial charge in [-0.2, -0.15) is 13.2 Å². The van der Waals surface area contributed by atoms with E-state index in [1.165, 1.54) is 18.3 Å². The number of alkyl halides is 3. The van der Waals surface area contributed by atoms with Crippen LogP contribution in [0.15, 0.2) is 35.6 Å². The van der Waals surface area contributed by atoms with Crippen molar-refractivity contribution in [3.8, 4) is 0 Å². The molecule has 2 heterocycles. The largest absolute Gasteiger partial charge is 0.433 e. The minimum absolute atomic E-state index is 0.0832. The fourth-order valence-corrected chi connectivity index (χ4v) is 1.48. The van der Waals surface area contributed by atoms with Crippen LogP contribution in [-0.4, -0.2) is 10.9 Å². The van der Waals surface area contributed by atoms with Gasteiger partial charge in [-0.1, -0.05) is 6.07 Å². The predicted octanol–water partition coefficient (Wildman–Crippen LogP) is 0.643. The van der Waals surface area contributed by atoms with Crippen LogP contribution in [-0.2, 0) is 11.8 Å². The van der Waals surface area contributed by atoms with Gasteiger partial charge in [0.1, 0.15) is 5.69 Å². The molecule has 5 N–H and O–H groups in total. The maximum atomic E-state index is 12.4. The number of pyridine rings is 1. The molecular formula is C10H10F3N5. The van der Waals surface area contributed by atoms with Gasteiger partial charge in [-0.15, -0.1) is 0 Å². The lowest BCUT2D eigenvalue weighted by molar-refractivity contribution is -0.141. The predicted molar refractivity (Wildman–Crippen MR) is 59.0 cm³/mol. The Bertz CT molecular complexity index is 505. The lowest BCUT2D eigenvalue weighted by atomic mass is 10.0. The van der Waals surface area contributed by atoms with E-state index in [-0.39, 0.29) is 5.96 Å². The number of nitrogens with one attached hydrogen (secondary N) is 1. The van der Waals surface area contributed by atoms with Crippen LogP contribution >= 0.6 is 0 Å². The molecule has 0 radical (unpaired) electrons. The van der Waals surface area contributed by atoms with Gasteiger partial charge in [-0.25, -0.2) is 4.99 Å². The summed E-state index contributed by atoms with van der Waals surface area (Å²) in [5.74, 6) is 0.0832. The zero-order valence-corrected chi connectivity index (χ0v) is 9.07. The monoisotopic (exact) mass is 257 g/mol. The molecule has 18 heavy (non-hydrogen) atoms. The van der Waals surface area contributed by atoms with Gasteiger partial charge < -0.3 is 11.1 Å². The molecule has 2 rings (SSSR count). The molecule has 1 atom stereocenters. The summed E-state index contributed by atoms with van der Waals surface area (Å²) in [5, 5.41) is 2.61. The number of hydrogen-bond donors (Lipinski definition) is 3. The van der Waals surface area contributed by atoms with Crippen molar-refractivity contribution in [3.63, 3.8) is 0 Å². The van der Waals surface area contributed by atoms with Crippen LogP contribution in [0.5, 0.6) is 0 Å². The van der Waals surface area contributed by atoms with E-state index in [1.54, 1.807) is 0 Å². The first-order valence-electron chi connectivity index (χ1n) is 4.93. The van der Waals surface area contributed by atoms with Gasteiger partial charge in [0.05, 0.1) is 0 Å². The van der Waals surface area contributed by atoms with Gasteiger partial charge in [-0.3, -0.25) is 10.7 Å². The highest BCUT2D eigenvalue weighted by atomic mass is 19.4. The molecule has 0 saturated heterocycles. The molecular weight excluding hydrogens is 247 g/mol. The SMILES string of the molecule is NC1=NC(N)(c2ccc(C(F)(F)F)nc2)C=CN1. The first-order valence-corrected chi connectivity index (χ1v) is 4.93. The Morgan fingerprint density at radius 3 is 2.50 bits per heavy atom. The smallest absolute Gasteiger partial charge is 0.370 e. The topological polar surface area (TPSA) is 89.3 Å². The van der Waals surface area contributed by atoms with Crippen molar-refractivity contribution < 1.29 is 13.2 Å². The van der Waals surface area contributed by atoms with Crippen molar-refractivity contribution >= 4 is 5.96 Å². The van der Waals surface area contributed by atoms with E-state index in [1.807, 2.05) is 0 Å². The number of rotatable bonds is 1. The van der Waals surface area contributed by atoms with Gasteiger partial charge in [0.2, 0.25) is 0 Å². The lowest BCUT2D eigenvalue weighted by Crippen LogP contribution is -2.42. The van der Waals surface area contributed by atoms with Gasteiger partial charge in [-0.05, 0) is 12.1 Å². The Kier molecular flexibility index (Phi) is 2.74. The fourth-order valence-electron chi connectivity index (χ4n) is 1.48. The molecule has 0 spiro atoms. The van der Waals surface area contributed by atoms with Crippen LogP contribution in [0, 0.1) is 0 Å². The summed E-state index contributed by atoms with van der Waals surface area (Å²) in [4.78, 5) is 7.26. The molecule has 0 bridgehead atoms. The van der Waals surface area contributed by atoms with Gasteiger partial charge in [0, 0.05) is 18.0 Å². The third-order valence-corrected chi connectivity index (χ3v) is 2.39. The zero-order chi connectivity index (χ0) is 13.4. The van der Waals surface area contributed by atoms with E-state index in [4.69, 9.17) is 11.5 Å². The molecule has 0 aliphatic carbocycles. The molecule has 1 aliphatic heterocycles. The number of nitrogens with zero attached hydrogens (tertiary/aromatic N) is 2. The maximum absolute atomic E-state index is 12.4. The number of aromatic nitrogens is 1. The van der Waals surface area contributed by atoms with E-state index in [2.05, 4.69) is 15.3 Å². The van der Waals surface area contributed by atoms with Crippen molar-refractivity contribution in [1.82, 2.24) is 10.3 Å². The second-order valence-corrected chi connectivity index (χ2v) is 3.73. The Balaban J connectivity index is 2.35. The van der Waals surface area contributed by atoms with Gasteiger partial charge in [0.25, 0.3) is 0 Å². The van der Waals surface area contributed by atoms with Crippen molar-refractivity contribution in [2.24, 2.45) is 16.5 Å². The molecule has 1 aromatic heterocycles. The molecule has 8 heteroatoms. The summed E-state index contributed by atoms with van der Waals surface area (Å²) in [6.45, 7) is 0. The van der Waals surface area contributed by atoms with Crippen LogP contribution in [0.4, 0.5) is 13.2 Å². The number of aliphatic imine (C=N–C) groups is 1. The third-order valence-electron chi connectivity index (χ3n) is 2.39. The van der Waals surface area contributed by atoms with Crippen LogP contribution in [0.3, 0.4) is 0 Å². The quantitative estimate of drug-likeness (QED) is 0.689. The molecule has 1 aromatic rings. The Morgan fingerprint density at radius 2 is 2.00 bits per heavy atom. The molecule has 96 valence electrons. The van der Waals surface area contributed by atoms with Gasteiger partial charge in [0.15, 0.2) is 11.6 Å². The number of guanidine groups is 1. The Hall–Kier alpha value is -2.09. The van der Waals surface area contributed by atoms with E-state index >= 15 is 0 Å². The minimum Gasteiger partial charge on any atom is -0.370 e. The highest BCUT2D eigenvalue weighted by molar-refractivity contribution is 5.80.